The van der Waals surface area contributed by atoms with Crippen LogP contribution in [0, 0.1) is 11.8 Å². The van der Waals surface area contributed by atoms with E-state index < -0.39 is 10.0 Å². The van der Waals surface area contributed by atoms with Gasteiger partial charge in [0.15, 0.2) is 0 Å². The van der Waals surface area contributed by atoms with Crippen LogP contribution in [0.3, 0.4) is 0 Å². The van der Waals surface area contributed by atoms with Crippen molar-refractivity contribution in [2.24, 2.45) is 11.8 Å². The van der Waals surface area contributed by atoms with E-state index in [-0.39, 0.29) is 5.25 Å². The molecule has 4 heteroatoms. The van der Waals surface area contributed by atoms with Gasteiger partial charge in [-0.05, 0) is 50.4 Å². The van der Waals surface area contributed by atoms with Gasteiger partial charge < -0.3 is 0 Å². The molecule has 0 aromatic heterocycles. The van der Waals surface area contributed by atoms with Gasteiger partial charge in [0.25, 0.3) is 0 Å². The summed E-state index contributed by atoms with van der Waals surface area (Å²) in [7, 11) is -2.94. The van der Waals surface area contributed by atoms with Gasteiger partial charge in [-0.15, -0.1) is 0 Å². The van der Waals surface area contributed by atoms with Crippen molar-refractivity contribution < 1.29 is 8.42 Å². The van der Waals surface area contributed by atoms with E-state index in [1.165, 1.54) is 0 Å². The van der Waals surface area contributed by atoms with Crippen LogP contribution in [0.2, 0.25) is 0 Å². The Kier molecular flexibility index (Phi) is 2.78. The minimum Gasteiger partial charge on any atom is -0.212 e. The highest BCUT2D eigenvalue weighted by Gasteiger charge is 2.51. The molecule has 3 rings (SSSR count). The molecule has 0 radical (unpaired) electrons. The summed E-state index contributed by atoms with van der Waals surface area (Å²) in [5.41, 5.74) is 0. The number of rotatable bonds is 3. The van der Waals surface area contributed by atoms with Gasteiger partial charge in [-0.2, -0.15) is 4.31 Å². The second-order valence-electron chi connectivity index (χ2n) is 6.43. The molecule has 0 amide bonds. The van der Waals surface area contributed by atoms with Gasteiger partial charge >= 0.3 is 0 Å². The summed E-state index contributed by atoms with van der Waals surface area (Å²) in [5, 5.41) is -0.0267. The fraction of sp³-hybridized carbons (Fsp3) is 1.00. The van der Waals surface area contributed by atoms with Crippen molar-refractivity contribution in [1.82, 2.24) is 4.31 Å². The summed E-state index contributed by atoms with van der Waals surface area (Å²) in [6, 6.07) is 0.651. The van der Waals surface area contributed by atoms with Crippen LogP contribution in [0.5, 0.6) is 0 Å². The van der Waals surface area contributed by atoms with Crippen LogP contribution in [0.1, 0.15) is 52.4 Å². The van der Waals surface area contributed by atoms with E-state index in [1.807, 2.05) is 4.31 Å². The fourth-order valence-corrected chi connectivity index (χ4v) is 5.96. The first kappa shape index (κ1) is 12.0. The van der Waals surface area contributed by atoms with Crippen molar-refractivity contribution in [1.29, 1.82) is 0 Å². The summed E-state index contributed by atoms with van der Waals surface area (Å²) in [6.07, 6.45) is 6.18. The molecule has 17 heavy (non-hydrogen) atoms. The van der Waals surface area contributed by atoms with Gasteiger partial charge in [-0.25, -0.2) is 8.42 Å². The fourth-order valence-electron chi connectivity index (χ4n) is 3.67. The second kappa shape index (κ2) is 3.95. The molecule has 2 saturated heterocycles. The molecular weight excluding hydrogens is 234 g/mol. The number of hydrogen-bond acceptors (Lipinski definition) is 2. The highest BCUT2D eigenvalue weighted by Crippen LogP contribution is 2.46. The quantitative estimate of drug-likeness (QED) is 0.778. The van der Waals surface area contributed by atoms with Crippen LogP contribution in [0.25, 0.3) is 0 Å². The number of fused-ring (bicyclic) bond motifs is 2. The Labute approximate surface area is 105 Å². The summed E-state index contributed by atoms with van der Waals surface area (Å²) >= 11 is 0. The molecule has 2 heterocycles. The number of piperidine rings is 1. The minimum absolute atomic E-state index is 0.0267. The summed E-state index contributed by atoms with van der Waals surface area (Å²) in [6.45, 7) is 4.55. The maximum atomic E-state index is 12.4. The zero-order valence-corrected chi connectivity index (χ0v) is 11.6. The van der Waals surface area contributed by atoms with Crippen molar-refractivity contribution in [3.63, 3.8) is 0 Å². The third-order valence-corrected chi connectivity index (χ3v) is 7.38. The first-order valence-electron chi connectivity index (χ1n) is 7.02. The smallest absolute Gasteiger partial charge is 0.212 e. The molecule has 1 saturated carbocycles. The monoisotopic (exact) mass is 257 g/mol. The molecular formula is C13H23NO2S. The lowest BCUT2D eigenvalue weighted by Gasteiger charge is -2.39. The molecule has 0 N–H and O–H groups in total. The van der Waals surface area contributed by atoms with E-state index in [0.717, 1.165) is 44.4 Å². The standard InChI is InChI=1S/C13H23NO2S/c1-9(2)10-7-11-3-4-12(8-10)14(11)17(15,16)13-5-6-13/h9-13H,3-8H2,1-2H3. The van der Waals surface area contributed by atoms with Crippen LogP contribution in [0.15, 0.2) is 0 Å². The number of hydrogen-bond donors (Lipinski definition) is 0. The molecule has 0 aromatic carbocycles. The molecule has 3 nitrogen and oxygen atoms in total. The van der Waals surface area contributed by atoms with Crippen molar-refractivity contribution in [3.8, 4) is 0 Å². The SMILES string of the molecule is CC(C)C1CC2CCC(C1)N2S(=O)(=O)C1CC1. The Morgan fingerprint density at radius 2 is 1.53 bits per heavy atom. The Morgan fingerprint density at radius 3 is 1.94 bits per heavy atom. The largest absolute Gasteiger partial charge is 0.217 e. The molecule has 2 unspecified atom stereocenters. The van der Waals surface area contributed by atoms with Gasteiger partial charge in [0.05, 0.1) is 5.25 Å². The third-order valence-electron chi connectivity index (χ3n) is 4.88. The van der Waals surface area contributed by atoms with Gasteiger partial charge in [0.2, 0.25) is 10.0 Å². The highest BCUT2D eigenvalue weighted by molar-refractivity contribution is 7.90. The second-order valence-corrected chi connectivity index (χ2v) is 8.55. The average Bonchev–Trinajstić information content (AvgIpc) is 3.05. The third kappa shape index (κ3) is 1.93. The van der Waals surface area contributed by atoms with Crippen molar-refractivity contribution in [3.05, 3.63) is 0 Å². The predicted octanol–water partition coefficient (Wildman–Crippen LogP) is 2.38. The highest BCUT2D eigenvalue weighted by atomic mass is 32.2. The van der Waals surface area contributed by atoms with Crippen LogP contribution < -0.4 is 0 Å². The molecule has 3 aliphatic rings. The first-order chi connectivity index (χ1) is 8.00. The van der Waals surface area contributed by atoms with Crippen LogP contribution in [-0.2, 0) is 10.0 Å². The van der Waals surface area contributed by atoms with E-state index in [1.54, 1.807) is 0 Å². The molecule has 1 aliphatic carbocycles. The zero-order valence-electron chi connectivity index (χ0n) is 10.8. The summed E-state index contributed by atoms with van der Waals surface area (Å²) in [5.74, 6) is 1.43. The van der Waals surface area contributed by atoms with Gasteiger partial charge in [0.1, 0.15) is 0 Å². The molecule has 2 aliphatic heterocycles. The van der Waals surface area contributed by atoms with Gasteiger partial charge in [-0.3, -0.25) is 0 Å². The van der Waals surface area contributed by atoms with E-state index in [2.05, 4.69) is 13.8 Å². The number of nitrogens with zero attached hydrogens (tertiary/aromatic N) is 1. The van der Waals surface area contributed by atoms with Crippen LogP contribution in [0.4, 0.5) is 0 Å². The van der Waals surface area contributed by atoms with Gasteiger partial charge in [0, 0.05) is 12.1 Å². The number of sulfonamides is 1. The van der Waals surface area contributed by atoms with E-state index in [9.17, 15) is 8.42 Å². The average molecular weight is 257 g/mol. The maximum absolute atomic E-state index is 12.4. The van der Waals surface area contributed by atoms with Crippen molar-refractivity contribution >= 4 is 10.0 Å². The zero-order chi connectivity index (χ0) is 12.2. The van der Waals surface area contributed by atoms with Crippen molar-refractivity contribution in [2.75, 3.05) is 0 Å². The topological polar surface area (TPSA) is 37.4 Å². The Balaban J connectivity index is 1.81. The van der Waals surface area contributed by atoms with E-state index in [4.69, 9.17) is 0 Å². The Morgan fingerprint density at radius 1 is 1.00 bits per heavy atom. The molecule has 2 bridgehead atoms. The van der Waals surface area contributed by atoms with Crippen LogP contribution >= 0.6 is 0 Å². The van der Waals surface area contributed by atoms with E-state index in [0.29, 0.717) is 18.0 Å². The normalized spacial score (nSPS) is 38.9. The lowest BCUT2D eigenvalue weighted by molar-refractivity contribution is 0.158. The lowest BCUT2D eigenvalue weighted by Crippen LogP contribution is -2.48. The molecule has 98 valence electrons. The maximum Gasteiger partial charge on any atom is 0.217 e. The van der Waals surface area contributed by atoms with E-state index >= 15 is 0 Å². The summed E-state index contributed by atoms with van der Waals surface area (Å²) in [4.78, 5) is 0. The lowest BCUT2D eigenvalue weighted by atomic mass is 9.84. The van der Waals surface area contributed by atoms with Crippen molar-refractivity contribution in [2.45, 2.75) is 69.7 Å². The Hall–Kier alpha value is -0.0900. The van der Waals surface area contributed by atoms with Crippen LogP contribution in [-0.4, -0.2) is 30.1 Å². The molecule has 3 fully saturated rings. The molecule has 2 atom stereocenters. The Bertz CT molecular complexity index is 386. The molecule has 0 aromatic rings. The predicted molar refractivity (Wildman–Crippen MR) is 68.2 cm³/mol. The molecule has 0 spiro atoms. The van der Waals surface area contributed by atoms with Gasteiger partial charge in [-0.1, -0.05) is 13.8 Å². The first-order valence-corrected chi connectivity index (χ1v) is 8.53. The summed E-state index contributed by atoms with van der Waals surface area (Å²) < 4.78 is 26.7. The minimum atomic E-state index is -2.94.